The van der Waals surface area contributed by atoms with Crippen LogP contribution in [0.25, 0.3) is 0 Å². The van der Waals surface area contributed by atoms with Crippen LogP contribution in [0.1, 0.15) is 6.42 Å². The predicted molar refractivity (Wildman–Crippen MR) is 46.8 cm³/mol. The summed E-state index contributed by atoms with van der Waals surface area (Å²) in [6, 6.07) is 0. The van der Waals surface area contributed by atoms with Gasteiger partial charge in [-0.05, 0) is 6.42 Å². The van der Waals surface area contributed by atoms with Crippen molar-refractivity contribution in [2.24, 2.45) is 0 Å². The molecule has 1 aliphatic rings. The summed E-state index contributed by atoms with van der Waals surface area (Å²) in [4.78, 5) is 2.25. The Bertz CT molecular complexity index is 149. The highest BCUT2D eigenvalue weighted by molar-refractivity contribution is 6.29. The molecule has 0 amide bonds. The Labute approximate surface area is 72.8 Å². The standard InChI is InChI=1S/C8H14ClNO/c1-7(9)5-10-4-3-8(6-10)11-2/h8H,1,3-6H2,2H3/t8-/m1/s1. The van der Waals surface area contributed by atoms with E-state index in [9.17, 15) is 0 Å². The lowest BCUT2D eigenvalue weighted by Crippen LogP contribution is -2.23. The van der Waals surface area contributed by atoms with Gasteiger partial charge in [0, 0.05) is 31.8 Å². The van der Waals surface area contributed by atoms with E-state index in [0.29, 0.717) is 11.1 Å². The largest absolute Gasteiger partial charge is 0.380 e. The van der Waals surface area contributed by atoms with Crippen LogP contribution in [0.4, 0.5) is 0 Å². The second kappa shape index (κ2) is 4.10. The minimum absolute atomic E-state index is 0.394. The number of halogens is 1. The van der Waals surface area contributed by atoms with E-state index < -0.39 is 0 Å². The highest BCUT2D eigenvalue weighted by atomic mass is 35.5. The van der Waals surface area contributed by atoms with Crippen LogP contribution in [0, 0.1) is 0 Å². The third-order valence-corrected chi connectivity index (χ3v) is 2.08. The Morgan fingerprint density at radius 1 is 1.82 bits per heavy atom. The average molecular weight is 176 g/mol. The molecule has 0 saturated carbocycles. The van der Waals surface area contributed by atoms with Crippen LogP contribution in [0.3, 0.4) is 0 Å². The van der Waals surface area contributed by atoms with Gasteiger partial charge in [0.25, 0.3) is 0 Å². The van der Waals surface area contributed by atoms with Crippen LogP contribution >= 0.6 is 11.6 Å². The number of hydrogen-bond acceptors (Lipinski definition) is 2. The van der Waals surface area contributed by atoms with Gasteiger partial charge in [-0.25, -0.2) is 0 Å². The zero-order chi connectivity index (χ0) is 8.27. The first-order chi connectivity index (χ1) is 5.22. The molecule has 0 N–H and O–H groups in total. The minimum atomic E-state index is 0.394. The van der Waals surface area contributed by atoms with Gasteiger partial charge in [0.2, 0.25) is 0 Å². The van der Waals surface area contributed by atoms with Crippen molar-refractivity contribution < 1.29 is 4.74 Å². The number of nitrogens with zero attached hydrogens (tertiary/aromatic N) is 1. The molecule has 1 heterocycles. The van der Waals surface area contributed by atoms with E-state index in [-0.39, 0.29) is 0 Å². The number of ether oxygens (including phenoxy) is 1. The fourth-order valence-corrected chi connectivity index (χ4v) is 1.54. The molecule has 2 nitrogen and oxygen atoms in total. The molecule has 0 unspecified atom stereocenters. The van der Waals surface area contributed by atoms with Crippen LogP contribution in [0.2, 0.25) is 0 Å². The fraction of sp³-hybridized carbons (Fsp3) is 0.750. The summed E-state index contributed by atoms with van der Waals surface area (Å²) in [5, 5.41) is 0.710. The highest BCUT2D eigenvalue weighted by Crippen LogP contribution is 2.13. The molecule has 0 aromatic carbocycles. The number of hydrogen-bond donors (Lipinski definition) is 0. The first kappa shape index (κ1) is 9.04. The molecule has 0 bridgehead atoms. The Morgan fingerprint density at radius 3 is 3.00 bits per heavy atom. The second-order valence-corrected chi connectivity index (χ2v) is 3.43. The summed E-state index contributed by atoms with van der Waals surface area (Å²) in [5.74, 6) is 0. The fourth-order valence-electron chi connectivity index (χ4n) is 1.38. The number of rotatable bonds is 3. The Morgan fingerprint density at radius 2 is 2.55 bits per heavy atom. The zero-order valence-electron chi connectivity index (χ0n) is 6.85. The maximum absolute atomic E-state index is 5.67. The smallest absolute Gasteiger partial charge is 0.0710 e. The Hall–Kier alpha value is -0.0500. The molecule has 0 aromatic heterocycles. The van der Waals surface area contributed by atoms with E-state index >= 15 is 0 Å². The average Bonchev–Trinajstić information content (AvgIpc) is 2.34. The van der Waals surface area contributed by atoms with Gasteiger partial charge in [-0.3, -0.25) is 4.90 Å². The van der Waals surface area contributed by atoms with Gasteiger partial charge in [0.1, 0.15) is 0 Å². The summed E-state index contributed by atoms with van der Waals surface area (Å²) in [7, 11) is 1.75. The summed E-state index contributed by atoms with van der Waals surface area (Å²) in [6.45, 7) is 6.51. The van der Waals surface area contributed by atoms with E-state index in [4.69, 9.17) is 16.3 Å². The third-order valence-electron chi connectivity index (χ3n) is 1.96. The van der Waals surface area contributed by atoms with Gasteiger partial charge >= 0.3 is 0 Å². The van der Waals surface area contributed by atoms with Gasteiger partial charge in [-0.2, -0.15) is 0 Å². The summed E-state index contributed by atoms with van der Waals surface area (Å²) < 4.78 is 5.21. The van der Waals surface area contributed by atoms with E-state index in [1.807, 2.05) is 0 Å². The molecule has 1 saturated heterocycles. The Balaban J connectivity index is 2.24. The SMILES string of the molecule is C=C(Cl)CN1CC[C@@H](OC)C1. The maximum atomic E-state index is 5.67. The van der Waals surface area contributed by atoms with Crippen LogP contribution in [-0.4, -0.2) is 37.7 Å². The van der Waals surface area contributed by atoms with E-state index in [0.717, 1.165) is 26.1 Å². The van der Waals surface area contributed by atoms with Crippen molar-refractivity contribution >= 4 is 11.6 Å². The zero-order valence-corrected chi connectivity index (χ0v) is 7.60. The monoisotopic (exact) mass is 175 g/mol. The molecule has 0 radical (unpaired) electrons. The molecule has 0 spiro atoms. The lowest BCUT2D eigenvalue weighted by atomic mass is 10.3. The van der Waals surface area contributed by atoms with Crippen molar-refractivity contribution in [2.75, 3.05) is 26.7 Å². The predicted octanol–water partition coefficient (Wildman–Crippen LogP) is 1.46. The minimum Gasteiger partial charge on any atom is -0.380 e. The quantitative estimate of drug-likeness (QED) is 0.644. The van der Waals surface area contributed by atoms with Crippen molar-refractivity contribution in [3.05, 3.63) is 11.6 Å². The molecular formula is C8H14ClNO. The molecule has 11 heavy (non-hydrogen) atoms. The maximum Gasteiger partial charge on any atom is 0.0710 e. The van der Waals surface area contributed by atoms with Crippen molar-refractivity contribution in [1.82, 2.24) is 4.90 Å². The third kappa shape index (κ3) is 2.81. The number of likely N-dealkylation sites (tertiary alicyclic amines) is 1. The molecule has 0 aromatic rings. The van der Waals surface area contributed by atoms with Gasteiger partial charge in [0.15, 0.2) is 0 Å². The molecule has 3 heteroatoms. The first-order valence-corrected chi connectivity index (χ1v) is 4.18. The normalized spacial score (nSPS) is 25.8. The van der Waals surface area contributed by atoms with Gasteiger partial charge in [0.05, 0.1) is 6.10 Å². The van der Waals surface area contributed by atoms with Crippen molar-refractivity contribution in [3.8, 4) is 0 Å². The lowest BCUT2D eigenvalue weighted by Gasteiger charge is -2.13. The molecule has 64 valence electrons. The second-order valence-electron chi connectivity index (χ2n) is 2.90. The summed E-state index contributed by atoms with van der Waals surface area (Å²) in [6.07, 6.45) is 1.51. The molecule has 1 fully saturated rings. The van der Waals surface area contributed by atoms with Gasteiger partial charge in [-0.15, -0.1) is 0 Å². The van der Waals surface area contributed by atoms with Gasteiger partial charge in [-0.1, -0.05) is 18.2 Å². The topological polar surface area (TPSA) is 12.5 Å². The van der Waals surface area contributed by atoms with Crippen LogP contribution in [-0.2, 0) is 4.74 Å². The molecule has 0 aliphatic carbocycles. The molecule has 1 rings (SSSR count). The van der Waals surface area contributed by atoms with Crippen molar-refractivity contribution in [1.29, 1.82) is 0 Å². The van der Waals surface area contributed by atoms with E-state index in [2.05, 4.69) is 11.5 Å². The molecule has 1 atom stereocenters. The molecular weight excluding hydrogens is 162 g/mol. The highest BCUT2D eigenvalue weighted by Gasteiger charge is 2.21. The Kier molecular flexibility index (Phi) is 3.37. The summed E-state index contributed by atoms with van der Waals surface area (Å²) in [5.41, 5.74) is 0. The number of methoxy groups -OCH3 is 1. The van der Waals surface area contributed by atoms with E-state index in [1.54, 1.807) is 7.11 Å². The molecule has 1 aliphatic heterocycles. The summed E-state index contributed by atoms with van der Waals surface area (Å²) >= 11 is 5.67. The van der Waals surface area contributed by atoms with Crippen LogP contribution < -0.4 is 0 Å². The van der Waals surface area contributed by atoms with Crippen molar-refractivity contribution in [3.63, 3.8) is 0 Å². The lowest BCUT2D eigenvalue weighted by molar-refractivity contribution is 0.109. The van der Waals surface area contributed by atoms with Gasteiger partial charge < -0.3 is 4.74 Å². The first-order valence-electron chi connectivity index (χ1n) is 3.81. The van der Waals surface area contributed by atoms with Crippen LogP contribution in [0.15, 0.2) is 11.6 Å². The van der Waals surface area contributed by atoms with Crippen LogP contribution in [0.5, 0.6) is 0 Å². The van der Waals surface area contributed by atoms with E-state index in [1.165, 1.54) is 0 Å². The van der Waals surface area contributed by atoms with Crippen molar-refractivity contribution in [2.45, 2.75) is 12.5 Å².